The molecule has 0 radical (unpaired) electrons. The van der Waals surface area contributed by atoms with Gasteiger partial charge in [-0.05, 0) is 42.8 Å². The Balaban J connectivity index is 2.24. The second-order valence-electron chi connectivity index (χ2n) is 4.53. The molecule has 0 amide bonds. The van der Waals surface area contributed by atoms with E-state index in [0.717, 1.165) is 10.0 Å². The molecule has 0 saturated carbocycles. The van der Waals surface area contributed by atoms with Crippen molar-refractivity contribution in [1.82, 2.24) is 4.72 Å². The highest BCUT2D eigenvalue weighted by Gasteiger charge is 2.18. The molecular formula is C15H13BrN2O2S. The highest BCUT2D eigenvalue weighted by molar-refractivity contribution is 9.10. The van der Waals surface area contributed by atoms with Crippen LogP contribution in [0.2, 0.25) is 0 Å². The van der Waals surface area contributed by atoms with E-state index in [1.165, 1.54) is 12.1 Å². The van der Waals surface area contributed by atoms with Gasteiger partial charge in [-0.3, -0.25) is 0 Å². The minimum Gasteiger partial charge on any atom is -0.207 e. The highest BCUT2D eigenvalue weighted by atomic mass is 79.9. The fraction of sp³-hybridized carbons (Fsp3) is 0.133. The third-order valence-corrected chi connectivity index (χ3v) is 5.04. The van der Waals surface area contributed by atoms with Crippen molar-refractivity contribution in [2.24, 2.45) is 0 Å². The third-order valence-electron chi connectivity index (χ3n) is 2.98. The number of rotatable bonds is 4. The first-order valence-corrected chi connectivity index (χ1v) is 8.48. The molecule has 0 heterocycles. The molecule has 0 aromatic heterocycles. The molecule has 0 aliphatic rings. The van der Waals surface area contributed by atoms with Crippen molar-refractivity contribution < 1.29 is 8.42 Å². The predicted octanol–water partition coefficient (Wildman–Crippen LogP) is 3.36. The van der Waals surface area contributed by atoms with Crippen molar-refractivity contribution >= 4 is 26.0 Å². The van der Waals surface area contributed by atoms with Crippen LogP contribution in [0, 0.1) is 11.3 Å². The maximum atomic E-state index is 12.3. The number of sulfonamides is 1. The monoisotopic (exact) mass is 364 g/mol. The molecule has 0 bridgehead atoms. The van der Waals surface area contributed by atoms with Crippen LogP contribution in [0.1, 0.15) is 24.1 Å². The molecule has 108 valence electrons. The summed E-state index contributed by atoms with van der Waals surface area (Å²) in [5, 5.41) is 8.84. The van der Waals surface area contributed by atoms with Gasteiger partial charge in [0.25, 0.3) is 0 Å². The van der Waals surface area contributed by atoms with E-state index in [0.29, 0.717) is 5.56 Å². The van der Waals surface area contributed by atoms with Crippen LogP contribution < -0.4 is 4.72 Å². The van der Waals surface area contributed by atoms with Crippen molar-refractivity contribution in [3.05, 3.63) is 64.1 Å². The predicted molar refractivity (Wildman–Crippen MR) is 84.0 cm³/mol. The van der Waals surface area contributed by atoms with Crippen molar-refractivity contribution in [2.75, 3.05) is 0 Å². The smallest absolute Gasteiger partial charge is 0.207 e. The standard InChI is InChI=1S/C15H13BrN2O2S/c1-11(13-5-7-14(16)8-6-13)18-21(19,20)15-4-2-3-12(9-15)10-17/h2-9,11,18H,1H3/t11-/m0/s1. The van der Waals surface area contributed by atoms with Gasteiger partial charge in [0, 0.05) is 10.5 Å². The number of halogens is 1. The zero-order valence-corrected chi connectivity index (χ0v) is 13.6. The van der Waals surface area contributed by atoms with Gasteiger partial charge >= 0.3 is 0 Å². The summed E-state index contributed by atoms with van der Waals surface area (Å²) in [5.74, 6) is 0. The van der Waals surface area contributed by atoms with Crippen molar-refractivity contribution in [1.29, 1.82) is 5.26 Å². The number of hydrogen-bond donors (Lipinski definition) is 1. The average Bonchev–Trinajstić information content (AvgIpc) is 2.47. The first kappa shape index (κ1) is 15.7. The van der Waals surface area contributed by atoms with Gasteiger partial charge in [-0.1, -0.05) is 34.1 Å². The SMILES string of the molecule is C[C@H](NS(=O)(=O)c1cccc(C#N)c1)c1ccc(Br)cc1. The van der Waals surface area contributed by atoms with Gasteiger partial charge in [-0.2, -0.15) is 5.26 Å². The van der Waals surface area contributed by atoms with Gasteiger partial charge in [0.1, 0.15) is 0 Å². The Morgan fingerprint density at radius 1 is 1.19 bits per heavy atom. The molecular weight excluding hydrogens is 352 g/mol. The van der Waals surface area contributed by atoms with E-state index in [2.05, 4.69) is 20.7 Å². The summed E-state index contributed by atoms with van der Waals surface area (Å²) in [6.45, 7) is 1.77. The van der Waals surface area contributed by atoms with Crippen LogP contribution in [0.25, 0.3) is 0 Å². The lowest BCUT2D eigenvalue weighted by Crippen LogP contribution is -2.26. The minimum atomic E-state index is -3.66. The zero-order chi connectivity index (χ0) is 15.5. The summed E-state index contributed by atoms with van der Waals surface area (Å²) in [7, 11) is -3.66. The summed E-state index contributed by atoms with van der Waals surface area (Å²) in [4.78, 5) is 0.0884. The second kappa shape index (κ2) is 6.39. The van der Waals surface area contributed by atoms with Gasteiger partial charge in [0.2, 0.25) is 10.0 Å². The van der Waals surface area contributed by atoms with Gasteiger partial charge in [0.05, 0.1) is 16.5 Å². The fourth-order valence-corrected chi connectivity index (χ4v) is 3.39. The molecule has 1 atom stereocenters. The zero-order valence-electron chi connectivity index (χ0n) is 11.2. The number of nitriles is 1. The molecule has 0 spiro atoms. The van der Waals surface area contributed by atoms with Crippen molar-refractivity contribution in [2.45, 2.75) is 17.9 Å². The molecule has 2 aromatic rings. The topological polar surface area (TPSA) is 70.0 Å². The summed E-state index contributed by atoms with van der Waals surface area (Å²) in [6.07, 6.45) is 0. The molecule has 21 heavy (non-hydrogen) atoms. The van der Waals surface area contributed by atoms with Crippen molar-refractivity contribution in [3.63, 3.8) is 0 Å². The van der Waals surface area contributed by atoms with E-state index in [4.69, 9.17) is 5.26 Å². The van der Waals surface area contributed by atoms with Crippen LogP contribution in [0.3, 0.4) is 0 Å². The van der Waals surface area contributed by atoms with E-state index in [1.807, 2.05) is 30.3 Å². The van der Waals surface area contributed by atoms with Gasteiger partial charge in [-0.25, -0.2) is 13.1 Å². The Labute approximate surface area is 132 Å². The molecule has 1 N–H and O–H groups in total. The molecule has 6 heteroatoms. The number of nitrogens with one attached hydrogen (secondary N) is 1. The van der Waals surface area contributed by atoms with Gasteiger partial charge in [-0.15, -0.1) is 0 Å². The molecule has 0 saturated heterocycles. The van der Waals surface area contributed by atoms with E-state index in [9.17, 15) is 8.42 Å². The van der Waals surface area contributed by atoms with E-state index in [1.54, 1.807) is 19.1 Å². The third kappa shape index (κ3) is 3.91. The minimum absolute atomic E-state index is 0.0884. The van der Waals surface area contributed by atoms with E-state index in [-0.39, 0.29) is 10.9 Å². The normalized spacial score (nSPS) is 12.6. The summed E-state index contributed by atoms with van der Waals surface area (Å²) >= 11 is 3.34. The number of benzene rings is 2. The van der Waals surface area contributed by atoms with Gasteiger partial charge < -0.3 is 0 Å². The molecule has 0 unspecified atom stereocenters. The Hall–Kier alpha value is -1.68. The van der Waals surface area contributed by atoms with Gasteiger partial charge in [0.15, 0.2) is 0 Å². The van der Waals surface area contributed by atoms with Crippen LogP contribution >= 0.6 is 15.9 Å². The largest absolute Gasteiger partial charge is 0.241 e. The maximum absolute atomic E-state index is 12.3. The fourth-order valence-electron chi connectivity index (χ4n) is 1.85. The Morgan fingerprint density at radius 3 is 2.48 bits per heavy atom. The quantitative estimate of drug-likeness (QED) is 0.903. The molecule has 0 aliphatic carbocycles. The summed E-state index contributed by atoms with van der Waals surface area (Å²) in [6, 6.07) is 14.9. The average molecular weight is 365 g/mol. The van der Waals surface area contributed by atoms with Crippen LogP contribution in [0.4, 0.5) is 0 Å². The number of nitrogens with zero attached hydrogens (tertiary/aromatic N) is 1. The Kier molecular flexibility index (Phi) is 4.78. The summed E-state index contributed by atoms with van der Waals surface area (Å²) in [5.41, 5.74) is 1.17. The van der Waals surface area contributed by atoms with Crippen LogP contribution in [0.15, 0.2) is 57.9 Å². The number of hydrogen-bond acceptors (Lipinski definition) is 3. The first-order chi connectivity index (χ1) is 9.92. The molecule has 0 aliphatic heterocycles. The van der Waals surface area contributed by atoms with Crippen molar-refractivity contribution in [3.8, 4) is 6.07 Å². The molecule has 4 nitrogen and oxygen atoms in total. The van der Waals surface area contributed by atoms with Crippen LogP contribution in [0.5, 0.6) is 0 Å². The maximum Gasteiger partial charge on any atom is 0.241 e. The lowest BCUT2D eigenvalue weighted by Gasteiger charge is -2.15. The van der Waals surface area contributed by atoms with E-state index >= 15 is 0 Å². The lowest BCUT2D eigenvalue weighted by molar-refractivity contribution is 0.567. The molecule has 0 fully saturated rings. The Bertz CT molecular complexity index is 780. The first-order valence-electron chi connectivity index (χ1n) is 6.20. The van der Waals surface area contributed by atoms with Crippen LogP contribution in [-0.4, -0.2) is 8.42 Å². The lowest BCUT2D eigenvalue weighted by atomic mass is 10.1. The summed E-state index contributed by atoms with van der Waals surface area (Å²) < 4.78 is 28.2. The second-order valence-corrected chi connectivity index (χ2v) is 7.16. The molecule has 2 aromatic carbocycles. The van der Waals surface area contributed by atoms with Crippen LogP contribution in [-0.2, 0) is 10.0 Å². The molecule has 2 rings (SSSR count). The highest BCUT2D eigenvalue weighted by Crippen LogP contribution is 2.19. The van der Waals surface area contributed by atoms with E-state index < -0.39 is 10.0 Å². The Morgan fingerprint density at radius 2 is 1.86 bits per heavy atom.